The summed E-state index contributed by atoms with van der Waals surface area (Å²) < 4.78 is 19.0. The van der Waals surface area contributed by atoms with Gasteiger partial charge in [0, 0.05) is 6.10 Å². The van der Waals surface area contributed by atoms with Gasteiger partial charge < -0.3 is 13.9 Å². The van der Waals surface area contributed by atoms with Crippen LogP contribution in [-0.4, -0.2) is 38.8 Å². The minimum Gasteiger partial charge on any atom is -0.414 e. The molecule has 0 spiro atoms. The van der Waals surface area contributed by atoms with Gasteiger partial charge in [0.15, 0.2) is 8.32 Å². The van der Waals surface area contributed by atoms with E-state index in [1.807, 2.05) is 0 Å². The summed E-state index contributed by atoms with van der Waals surface area (Å²) in [4.78, 5) is 0. The van der Waals surface area contributed by atoms with E-state index in [2.05, 4.69) is 80.3 Å². The average Bonchev–Trinajstić information content (AvgIpc) is 3.22. The monoisotopic (exact) mass is 514 g/mol. The third kappa shape index (κ3) is 5.82. The van der Waals surface area contributed by atoms with E-state index in [-0.39, 0.29) is 16.7 Å². The summed E-state index contributed by atoms with van der Waals surface area (Å²) in [6.45, 7) is 26.1. The van der Waals surface area contributed by atoms with Crippen molar-refractivity contribution >= 4 is 8.32 Å². The van der Waals surface area contributed by atoms with Gasteiger partial charge in [-0.3, -0.25) is 0 Å². The van der Waals surface area contributed by atoms with Gasteiger partial charge in [-0.1, -0.05) is 57.6 Å². The molecular weight excluding hydrogens is 460 g/mol. The van der Waals surface area contributed by atoms with Crippen LogP contribution in [0.25, 0.3) is 0 Å². The van der Waals surface area contributed by atoms with E-state index >= 15 is 0 Å². The molecule has 36 heavy (non-hydrogen) atoms. The van der Waals surface area contributed by atoms with Crippen LogP contribution in [0.1, 0.15) is 99.8 Å². The molecule has 0 bridgehead atoms. The standard InChI is InChI=1S/C32H54O3Si/c1-22-13-16-26(35-36(9,10)30(3,4)5)20-25(22)15-14-24-12-11-19-32(8)27(17-18-28(24)32)23(2)33-21-29-31(6,7)34-29/h14-15,23,26-29H,1,11-13,16-21H2,2-10H3/b24-14+,25-15+/t23-,26-,27+,28?,29?,32+/m0/s1. The molecule has 1 heterocycles. The Morgan fingerprint density at radius 3 is 2.44 bits per heavy atom. The maximum Gasteiger partial charge on any atom is 0.192 e. The van der Waals surface area contributed by atoms with Crippen molar-refractivity contribution in [1.29, 1.82) is 0 Å². The molecule has 0 N–H and O–H groups in total. The first kappa shape index (κ1) is 28.3. The molecule has 4 rings (SSSR count). The molecule has 4 aliphatic rings. The van der Waals surface area contributed by atoms with Crippen LogP contribution in [0.4, 0.5) is 0 Å². The van der Waals surface area contributed by atoms with Gasteiger partial charge in [-0.15, -0.1) is 0 Å². The van der Waals surface area contributed by atoms with Crippen LogP contribution in [0, 0.1) is 17.3 Å². The molecule has 1 aliphatic heterocycles. The summed E-state index contributed by atoms with van der Waals surface area (Å²) in [5.41, 5.74) is 4.76. The second-order valence-corrected chi connectivity index (χ2v) is 19.4. The van der Waals surface area contributed by atoms with Gasteiger partial charge >= 0.3 is 0 Å². The first-order chi connectivity index (χ1) is 16.6. The minimum atomic E-state index is -1.76. The van der Waals surface area contributed by atoms with E-state index in [9.17, 15) is 0 Å². The number of rotatable bonds is 7. The van der Waals surface area contributed by atoms with E-state index in [4.69, 9.17) is 13.9 Å². The highest BCUT2D eigenvalue weighted by Crippen LogP contribution is 2.58. The fourth-order valence-corrected chi connectivity index (χ4v) is 8.44. The molecule has 3 aliphatic carbocycles. The van der Waals surface area contributed by atoms with Gasteiger partial charge in [0.2, 0.25) is 0 Å². The Kier molecular flexibility index (Phi) is 7.97. The van der Waals surface area contributed by atoms with Crippen LogP contribution in [0.2, 0.25) is 18.1 Å². The van der Waals surface area contributed by atoms with Crippen molar-refractivity contribution in [3.05, 3.63) is 35.5 Å². The lowest BCUT2D eigenvalue weighted by Crippen LogP contribution is -2.44. The van der Waals surface area contributed by atoms with Gasteiger partial charge in [0.25, 0.3) is 0 Å². The maximum atomic E-state index is 6.81. The molecule has 0 aromatic rings. The van der Waals surface area contributed by atoms with Crippen LogP contribution in [0.3, 0.4) is 0 Å². The van der Waals surface area contributed by atoms with Gasteiger partial charge in [0.1, 0.15) is 6.10 Å². The third-order valence-electron chi connectivity index (χ3n) is 10.7. The number of epoxide rings is 1. The van der Waals surface area contributed by atoms with Crippen LogP contribution >= 0.6 is 0 Å². The van der Waals surface area contributed by atoms with E-state index in [1.54, 1.807) is 5.57 Å². The van der Waals surface area contributed by atoms with E-state index < -0.39 is 8.32 Å². The Labute approximate surface area is 223 Å². The zero-order valence-corrected chi connectivity index (χ0v) is 25.8. The minimum absolute atomic E-state index is 0.00787. The van der Waals surface area contributed by atoms with Crippen molar-refractivity contribution in [3.8, 4) is 0 Å². The average molecular weight is 515 g/mol. The lowest BCUT2D eigenvalue weighted by atomic mass is 9.62. The Morgan fingerprint density at radius 2 is 1.81 bits per heavy atom. The summed E-state index contributed by atoms with van der Waals surface area (Å²) in [6.07, 6.45) is 15.5. The Morgan fingerprint density at radius 1 is 1.11 bits per heavy atom. The number of ether oxygens (including phenoxy) is 2. The van der Waals surface area contributed by atoms with Crippen LogP contribution in [-0.2, 0) is 13.9 Å². The first-order valence-electron chi connectivity index (χ1n) is 14.7. The van der Waals surface area contributed by atoms with Gasteiger partial charge in [-0.05, 0) is 113 Å². The molecule has 0 aromatic heterocycles. The fraction of sp³-hybridized carbons (Fsp3) is 0.812. The van der Waals surface area contributed by atoms with Crippen molar-refractivity contribution in [2.75, 3.05) is 6.61 Å². The highest BCUT2D eigenvalue weighted by Gasteiger charge is 2.52. The molecule has 1 saturated heterocycles. The molecule has 3 saturated carbocycles. The highest BCUT2D eigenvalue weighted by atomic mass is 28.4. The number of allylic oxidation sites excluding steroid dienone is 4. The quantitative estimate of drug-likeness (QED) is 0.251. The van der Waals surface area contributed by atoms with E-state index in [0.717, 1.165) is 25.9 Å². The van der Waals surface area contributed by atoms with E-state index in [0.29, 0.717) is 29.5 Å². The summed E-state index contributed by atoms with van der Waals surface area (Å²) in [5, 5.41) is 0.252. The van der Waals surface area contributed by atoms with Gasteiger partial charge in [0.05, 0.1) is 18.3 Å². The number of fused-ring (bicyclic) bond motifs is 1. The summed E-state index contributed by atoms with van der Waals surface area (Å²) in [7, 11) is -1.76. The Balaban J connectivity index is 1.42. The lowest BCUT2D eigenvalue weighted by molar-refractivity contribution is -0.0296. The number of hydrogen-bond donors (Lipinski definition) is 0. The van der Waals surface area contributed by atoms with Crippen molar-refractivity contribution in [3.63, 3.8) is 0 Å². The van der Waals surface area contributed by atoms with Crippen LogP contribution in [0.5, 0.6) is 0 Å². The first-order valence-corrected chi connectivity index (χ1v) is 17.6. The topological polar surface area (TPSA) is 31.0 Å². The lowest BCUT2D eigenvalue weighted by Gasteiger charge is -2.44. The maximum absolute atomic E-state index is 6.81. The molecule has 4 fully saturated rings. The molecule has 0 aromatic carbocycles. The largest absolute Gasteiger partial charge is 0.414 e. The Hall–Kier alpha value is -0.683. The highest BCUT2D eigenvalue weighted by molar-refractivity contribution is 6.74. The second-order valence-electron chi connectivity index (χ2n) is 14.6. The molecular formula is C32H54O3Si. The molecule has 4 heteroatoms. The summed E-state index contributed by atoms with van der Waals surface area (Å²) in [5.74, 6) is 1.32. The van der Waals surface area contributed by atoms with Crippen molar-refractivity contribution < 1.29 is 13.9 Å². The molecule has 0 radical (unpaired) electrons. The molecule has 204 valence electrons. The fourth-order valence-electron chi connectivity index (χ4n) is 7.05. The molecule has 2 unspecified atom stereocenters. The summed E-state index contributed by atoms with van der Waals surface area (Å²) >= 11 is 0. The van der Waals surface area contributed by atoms with Gasteiger partial charge in [-0.2, -0.15) is 0 Å². The SMILES string of the molecule is C=C1CC[C@H](O[Si](C)(C)C(C)(C)C)C/C1=C\C=C1/CCC[C@@]2(C)C1CC[C@@H]2[C@H](C)OCC1OC1(C)C. The van der Waals surface area contributed by atoms with Crippen LogP contribution in [0.15, 0.2) is 35.5 Å². The third-order valence-corrected chi connectivity index (χ3v) is 15.3. The summed E-state index contributed by atoms with van der Waals surface area (Å²) in [6, 6.07) is 0. The van der Waals surface area contributed by atoms with Crippen molar-refractivity contribution in [1.82, 2.24) is 0 Å². The Bertz CT molecular complexity index is 892. The van der Waals surface area contributed by atoms with Gasteiger partial charge in [-0.25, -0.2) is 0 Å². The second kappa shape index (κ2) is 10.1. The molecule has 3 nitrogen and oxygen atoms in total. The van der Waals surface area contributed by atoms with Crippen molar-refractivity contribution in [2.45, 2.75) is 142 Å². The normalized spacial score (nSPS) is 37.9. The molecule has 6 atom stereocenters. The predicted octanol–water partition coefficient (Wildman–Crippen LogP) is 8.77. The smallest absolute Gasteiger partial charge is 0.192 e. The van der Waals surface area contributed by atoms with Crippen LogP contribution < -0.4 is 0 Å². The van der Waals surface area contributed by atoms with E-state index in [1.165, 1.54) is 43.3 Å². The zero-order chi connectivity index (χ0) is 26.5. The predicted molar refractivity (Wildman–Crippen MR) is 154 cm³/mol. The zero-order valence-electron chi connectivity index (χ0n) is 24.8. The number of hydrogen-bond acceptors (Lipinski definition) is 3. The molecule has 0 amide bonds. The van der Waals surface area contributed by atoms with Crippen molar-refractivity contribution in [2.24, 2.45) is 17.3 Å².